The van der Waals surface area contributed by atoms with E-state index in [0.717, 1.165) is 5.56 Å². The van der Waals surface area contributed by atoms with Crippen LogP contribution in [0.25, 0.3) is 0 Å². The number of halogens is 1. The summed E-state index contributed by atoms with van der Waals surface area (Å²) in [4.78, 5) is 0. The fourth-order valence-corrected chi connectivity index (χ4v) is 1.80. The van der Waals surface area contributed by atoms with Crippen LogP contribution in [0.15, 0.2) is 24.3 Å². The minimum absolute atomic E-state index is 0.148. The normalized spacial score (nSPS) is 19.0. The fraction of sp³-hybridized carbons (Fsp3) is 0.500. The molecule has 0 heterocycles. The highest BCUT2D eigenvalue weighted by Crippen LogP contribution is 2.22. The highest BCUT2D eigenvalue weighted by Gasteiger charge is 2.19. The molecule has 1 atom stereocenters. The number of rotatable bonds is 3. The molecule has 1 aliphatic rings. The standard InChI is InChI=1S/C12H16FN/c1-9(14-12-6-3-7-12)10-4-2-5-11(13)8-10/h2,4-5,8-9,12,14H,3,6-7H2,1H3. The second kappa shape index (κ2) is 4.09. The molecule has 2 rings (SSSR count). The van der Waals surface area contributed by atoms with Crippen LogP contribution in [-0.4, -0.2) is 6.04 Å². The highest BCUT2D eigenvalue weighted by molar-refractivity contribution is 5.19. The molecule has 0 radical (unpaired) electrons. The Morgan fingerprint density at radius 2 is 2.21 bits per heavy atom. The highest BCUT2D eigenvalue weighted by atomic mass is 19.1. The lowest BCUT2D eigenvalue weighted by Gasteiger charge is -2.30. The number of benzene rings is 1. The Kier molecular flexibility index (Phi) is 2.82. The molecule has 0 aromatic heterocycles. The third kappa shape index (κ3) is 2.13. The van der Waals surface area contributed by atoms with Gasteiger partial charge in [-0.05, 0) is 37.5 Å². The molecule has 1 aromatic carbocycles. The first kappa shape index (κ1) is 9.66. The zero-order chi connectivity index (χ0) is 9.97. The lowest BCUT2D eigenvalue weighted by atomic mass is 9.92. The smallest absolute Gasteiger partial charge is 0.123 e. The SMILES string of the molecule is CC(NC1CCC1)c1cccc(F)c1. The number of hydrogen-bond donors (Lipinski definition) is 1. The second-order valence-corrected chi connectivity index (χ2v) is 4.07. The lowest BCUT2D eigenvalue weighted by Crippen LogP contribution is -2.36. The van der Waals surface area contributed by atoms with Gasteiger partial charge >= 0.3 is 0 Å². The van der Waals surface area contributed by atoms with Crippen LogP contribution in [0.2, 0.25) is 0 Å². The molecule has 1 aliphatic carbocycles. The zero-order valence-corrected chi connectivity index (χ0v) is 8.46. The second-order valence-electron chi connectivity index (χ2n) is 4.07. The van der Waals surface area contributed by atoms with Gasteiger partial charge in [0.1, 0.15) is 5.82 Å². The van der Waals surface area contributed by atoms with Crippen molar-refractivity contribution in [2.45, 2.75) is 38.3 Å². The van der Waals surface area contributed by atoms with E-state index in [9.17, 15) is 4.39 Å². The van der Waals surface area contributed by atoms with Gasteiger partial charge in [-0.15, -0.1) is 0 Å². The van der Waals surface area contributed by atoms with Gasteiger partial charge in [0.25, 0.3) is 0 Å². The summed E-state index contributed by atoms with van der Waals surface area (Å²) in [6.45, 7) is 2.09. The fourth-order valence-electron chi connectivity index (χ4n) is 1.80. The summed E-state index contributed by atoms with van der Waals surface area (Å²) in [6, 6.07) is 7.74. The van der Waals surface area contributed by atoms with Crippen molar-refractivity contribution in [1.29, 1.82) is 0 Å². The lowest BCUT2D eigenvalue weighted by molar-refractivity contribution is 0.313. The van der Waals surface area contributed by atoms with Gasteiger partial charge in [0.15, 0.2) is 0 Å². The Labute approximate surface area is 84.3 Å². The summed E-state index contributed by atoms with van der Waals surface area (Å²) >= 11 is 0. The van der Waals surface area contributed by atoms with E-state index in [0.29, 0.717) is 6.04 Å². The molecule has 0 spiro atoms. The summed E-state index contributed by atoms with van der Waals surface area (Å²) in [5.41, 5.74) is 1.04. The molecule has 0 amide bonds. The maximum absolute atomic E-state index is 12.9. The third-order valence-corrected chi connectivity index (χ3v) is 2.94. The minimum Gasteiger partial charge on any atom is -0.307 e. The van der Waals surface area contributed by atoms with E-state index in [1.165, 1.54) is 25.3 Å². The van der Waals surface area contributed by atoms with Crippen LogP contribution in [0.1, 0.15) is 37.8 Å². The molecular weight excluding hydrogens is 177 g/mol. The van der Waals surface area contributed by atoms with E-state index in [-0.39, 0.29) is 11.9 Å². The molecule has 0 saturated heterocycles. The Hall–Kier alpha value is -0.890. The van der Waals surface area contributed by atoms with Crippen LogP contribution in [0.4, 0.5) is 4.39 Å². The Morgan fingerprint density at radius 3 is 2.79 bits per heavy atom. The van der Waals surface area contributed by atoms with Crippen molar-refractivity contribution in [2.75, 3.05) is 0 Å². The Bertz CT molecular complexity index is 307. The van der Waals surface area contributed by atoms with Gasteiger partial charge in [-0.3, -0.25) is 0 Å². The van der Waals surface area contributed by atoms with Crippen LogP contribution >= 0.6 is 0 Å². The molecule has 76 valence electrons. The van der Waals surface area contributed by atoms with Gasteiger partial charge in [0.2, 0.25) is 0 Å². The number of hydrogen-bond acceptors (Lipinski definition) is 1. The predicted octanol–water partition coefficient (Wildman–Crippen LogP) is 3.03. The van der Waals surface area contributed by atoms with Gasteiger partial charge in [0.05, 0.1) is 0 Å². The molecule has 1 aromatic rings. The maximum atomic E-state index is 12.9. The molecular formula is C12H16FN. The van der Waals surface area contributed by atoms with Crippen molar-refractivity contribution in [2.24, 2.45) is 0 Å². The van der Waals surface area contributed by atoms with Crippen LogP contribution in [0.5, 0.6) is 0 Å². The first-order valence-electron chi connectivity index (χ1n) is 5.27. The van der Waals surface area contributed by atoms with Gasteiger partial charge < -0.3 is 5.32 Å². The van der Waals surface area contributed by atoms with Crippen molar-refractivity contribution in [3.8, 4) is 0 Å². The first-order chi connectivity index (χ1) is 6.75. The van der Waals surface area contributed by atoms with Crippen molar-refractivity contribution in [3.63, 3.8) is 0 Å². The summed E-state index contributed by atoms with van der Waals surface area (Å²) < 4.78 is 12.9. The number of nitrogens with one attached hydrogen (secondary N) is 1. The van der Waals surface area contributed by atoms with Crippen molar-refractivity contribution >= 4 is 0 Å². The van der Waals surface area contributed by atoms with E-state index in [2.05, 4.69) is 12.2 Å². The average Bonchev–Trinajstić information content (AvgIpc) is 2.11. The molecule has 14 heavy (non-hydrogen) atoms. The van der Waals surface area contributed by atoms with Crippen molar-refractivity contribution < 1.29 is 4.39 Å². The molecule has 1 N–H and O–H groups in total. The van der Waals surface area contributed by atoms with E-state index in [1.807, 2.05) is 6.07 Å². The maximum Gasteiger partial charge on any atom is 0.123 e. The molecule has 1 fully saturated rings. The van der Waals surface area contributed by atoms with Crippen LogP contribution < -0.4 is 5.32 Å². The Balaban J connectivity index is 1.98. The van der Waals surface area contributed by atoms with Gasteiger partial charge in [-0.25, -0.2) is 4.39 Å². The van der Waals surface area contributed by atoms with Crippen molar-refractivity contribution in [1.82, 2.24) is 5.32 Å². The third-order valence-electron chi connectivity index (χ3n) is 2.94. The topological polar surface area (TPSA) is 12.0 Å². The van der Waals surface area contributed by atoms with Gasteiger partial charge in [-0.2, -0.15) is 0 Å². The predicted molar refractivity (Wildman–Crippen MR) is 55.6 cm³/mol. The molecule has 0 aliphatic heterocycles. The molecule has 1 saturated carbocycles. The molecule has 1 nitrogen and oxygen atoms in total. The van der Waals surface area contributed by atoms with E-state index in [1.54, 1.807) is 12.1 Å². The van der Waals surface area contributed by atoms with Gasteiger partial charge in [0, 0.05) is 12.1 Å². The van der Waals surface area contributed by atoms with E-state index in [4.69, 9.17) is 0 Å². The molecule has 1 unspecified atom stereocenters. The molecule has 2 heteroatoms. The van der Waals surface area contributed by atoms with Crippen molar-refractivity contribution in [3.05, 3.63) is 35.6 Å². The van der Waals surface area contributed by atoms with Crippen LogP contribution in [0, 0.1) is 5.82 Å². The Morgan fingerprint density at radius 1 is 1.43 bits per heavy atom. The van der Waals surface area contributed by atoms with E-state index < -0.39 is 0 Å². The summed E-state index contributed by atoms with van der Waals surface area (Å²) in [7, 11) is 0. The van der Waals surface area contributed by atoms with Crippen LogP contribution in [-0.2, 0) is 0 Å². The van der Waals surface area contributed by atoms with Crippen LogP contribution in [0.3, 0.4) is 0 Å². The largest absolute Gasteiger partial charge is 0.307 e. The minimum atomic E-state index is -0.148. The van der Waals surface area contributed by atoms with Gasteiger partial charge in [-0.1, -0.05) is 18.6 Å². The summed E-state index contributed by atoms with van der Waals surface area (Å²) in [6.07, 6.45) is 3.85. The summed E-state index contributed by atoms with van der Waals surface area (Å²) in [5.74, 6) is -0.148. The summed E-state index contributed by atoms with van der Waals surface area (Å²) in [5, 5.41) is 3.49. The monoisotopic (exact) mass is 193 g/mol. The first-order valence-corrected chi connectivity index (χ1v) is 5.27. The zero-order valence-electron chi connectivity index (χ0n) is 8.46. The average molecular weight is 193 g/mol. The van der Waals surface area contributed by atoms with E-state index >= 15 is 0 Å². The molecule has 0 bridgehead atoms. The quantitative estimate of drug-likeness (QED) is 0.778.